The maximum absolute atomic E-state index is 5.42. The molecule has 2 aromatic carbocycles. The predicted molar refractivity (Wildman–Crippen MR) is 99.6 cm³/mol. The van der Waals surface area contributed by atoms with Gasteiger partial charge in [-0.05, 0) is 35.9 Å². The Labute approximate surface area is 149 Å². The molecule has 1 saturated heterocycles. The van der Waals surface area contributed by atoms with Crippen molar-refractivity contribution in [2.75, 3.05) is 45.4 Å². The van der Waals surface area contributed by atoms with Crippen LogP contribution in [-0.2, 0) is 17.8 Å². The molecule has 0 saturated carbocycles. The Morgan fingerprint density at radius 1 is 0.960 bits per heavy atom. The fourth-order valence-electron chi connectivity index (χ4n) is 3.01. The quantitative estimate of drug-likeness (QED) is 0.838. The molecule has 1 aliphatic rings. The van der Waals surface area contributed by atoms with Crippen LogP contribution in [-0.4, -0.2) is 40.5 Å². The van der Waals surface area contributed by atoms with E-state index in [0.717, 1.165) is 56.5 Å². The highest BCUT2D eigenvalue weighted by atomic mass is 16.5. The highest BCUT2D eigenvalue weighted by molar-refractivity contribution is 5.48. The van der Waals surface area contributed by atoms with Gasteiger partial charge in [-0.1, -0.05) is 12.1 Å². The van der Waals surface area contributed by atoms with Crippen molar-refractivity contribution < 1.29 is 14.2 Å². The third-order valence-corrected chi connectivity index (χ3v) is 4.44. The first-order valence-electron chi connectivity index (χ1n) is 8.63. The molecule has 0 amide bonds. The van der Waals surface area contributed by atoms with Gasteiger partial charge in [0.1, 0.15) is 11.5 Å². The van der Waals surface area contributed by atoms with Crippen LogP contribution in [0.3, 0.4) is 0 Å². The molecule has 134 valence electrons. The van der Waals surface area contributed by atoms with Crippen LogP contribution in [0.4, 0.5) is 5.69 Å². The maximum atomic E-state index is 5.42. The average Bonchev–Trinajstić information content (AvgIpc) is 2.69. The van der Waals surface area contributed by atoms with Gasteiger partial charge in [-0.15, -0.1) is 0 Å². The molecule has 2 aromatic rings. The maximum Gasteiger partial charge on any atom is 0.123 e. The third kappa shape index (κ3) is 4.65. The molecule has 0 aliphatic carbocycles. The molecular formula is C20H26N2O3. The number of methoxy groups -OCH3 is 2. The SMILES string of the molecule is COc1ccc(OC)c(CNCc2ccc(N3CCOCC3)cc2)c1. The van der Waals surface area contributed by atoms with Gasteiger partial charge >= 0.3 is 0 Å². The lowest BCUT2D eigenvalue weighted by Gasteiger charge is -2.28. The van der Waals surface area contributed by atoms with E-state index in [0.29, 0.717) is 0 Å². The molecule has 0 radical (unpaired) electrons. The molecule has 0 bridgehead atoms. The highest BCUT2D eigenvalue weighted by Gasteiger charge is 2.10. The molecular weight excluding hydrogens is 316 g/mol. The Balaban J connectivity index is 1.55. The summed E-state index contributed by atoms with van der Waals surface area (Å²) in [5.41, 5.74) is 3.62. The summed E-state index contributed by atoms with van der Waals surface area (Å²) in [6.07, 6.45) is 0. The molecule has 0 spiro atoms. The van der Waals surface area contributed by atoms with E-state index < -0.39 is 0 Å². The number of rotatable bonds is 7. The third-order valence-electron chi connectivity index (χ3n) is 4.44. The van der Waals surface area contributed by atoms with Gasteiger partial charge in [-0.3, -0.25) is 0 Å². The van der Waals surface area contributed by atoms with E-state index >= 15 is 0 Å². The van der Waals surface area contributed by atoms with Crippen molar-refractivity contribution in [3.63, 3.8) is 0 Å². The Morgan fingerprint density at radius 2 is 1.72 bits per heavy atom. The average molecular weight is 342 g/mol. The van der Waals surface area contributed by atoms with Gasteiger partial charge in [-0.2, -0.15) is 0 Å². The molecule has 0 atom stereocenters. The van der Waals surface area contributed by atoms with Crippen molar-refractivity contribution in [2.24, 2.45) is 0 Å². The number of nitrogens with zero attached hydrogens (tertiary/aromatic N) is 1. The molecule has 5 heteroatoms. The van der Waals surface area contributed by atoms with Gasteiger partial charge in [0.2, 0.25) is 0 Å². The minimum Gasteiger partial charge on any atom is -0.497 e. The van der Waals surface area contributed by atoms with Crippen molar-refractivity contribution in [3.05, 3.63) is 53.6 Å². The first-order chi connectivity index (χ1) is 12.3. The van der Waals surface area contributed by atoms with E-state index in [1.54, 1.807) is 14.2 Å². The summed E-state index contributed by atoms with van der Waals surface area (Å²) in [6.45, 7) is 5.09. The fourth-order valence-corrected chi connectivity index (χ4v) is 3.01. The van der Waals surface area contributed by atoms with E-state index in [1.165, 1.54) is 11.3 Å². The van der Waals surface area contributed by atoms with Crippen LogP contribution in [0.2, 0.25) is 0 Å². The van der Waals surface area contributed by atoms with Gasteiger partial charge in [-0.25, -0.2) is 0 Å². The summed E-state index contributed by atoms with van der Waals surface area (Å²) in [4.78, 5) is 2.36. The second-order valence-electron chi connectivity index (χ2n) is 6.05. The van der Waals surface area contributed by atoms with E-state index in [4.69, 9.17) is 14.2 Å². The molecule has 3 rings (SSSR count). The lowest BCUT2D eigenvalue weighted by atomic mass is 10.1. The van der Waals surface area contributed by atoms with Crippen molar-refractivity contribution in [1.82, 2.24) is 5.32 Å². The Kier molecular flexibility index (Phi) is 6.14. The fraction of sp³-hybridized carbons (Fsp3) is 0.400. The number of morpholine rings is 1. The smallest absolute Gasteiger partial charge is 0.123 e. The first-order valence-corrected chi connectivity index (χ1v) is 8.63. The summed E-state index contributed by atoms with van der Waals surface area (Å²) in [5, 5.41) is 3.47. The minimum atomic E-state index is 0.728. The van der Waals surface area contributed by atoms with Gasteiger partial charge in [0.15, 0.2) is 0 Å². The van der Waals surface area contributed by atoms with Crippen LogP contribution >= 0.6 is 0 Å². The molecule has 1 aliphatic heterocycles. The summed E-state index contributed by atoms with van der Waals surface area (Å²) in [5.74, 6) is 1.71. The number of benzene rings is 2. The minimum absolute atomic E-state index is 0.728. The van der Waals surface area contributed by atoms with E-state index in [2.05, 4.69) is 34.5 Å². The van der Waals surface area contributed by atoms with Crippen LogP contribution in [0.25, 0.3) is 0 Å². The van der Waals surface area contributed by atoms with Crippen LogP contribution in [0.15, 0.2) is 42.5 Å². The molecule has 5 nitrogen and oxygen atoms in total. The van der Waals surface area contributed by atoms with E-state index in [-0.39, 0.29) is 0 Å². The molecule has 25 heavy (non-hydrogen) atoms. The van der Waals surface area contributed by atoms with Crippen molar-refractivity contribution in [2.45, 2.75) is 13.1 Å². The number of hydrogen-bond donors (Lipinski definition) is 1. The van der Waals surface area contributed by atoms with Gasteiger partial charge in [0, 0.05) is 37.4 Å². The molecule has 1 fully saturated rings. The second kappa shape index (κ2) is 8.74. The summed E-state index contributed by atoms with van der Waals surface area (Å²) in [6, 6.07) is 14.6. The summed E-state index contributed by atoms with van der Waals surface area (Å²) in [7, 11) is 3.37. The van der Waals surface area contributed by atoms with Gasteiger partial charge in [0.25, 0.3) is 0 Å². The largest absolute Gasteiger partial charge is 0.497 e. The van der Waals surface area contributed by atoms with Crippen LogP contribution < -0.4 is 19.7 Å². The van der Waals surface area contributed by atoms with E-state index in [1.807, 2.05) is 18.2 Å². The number of ether oxygens (including phenoxy) is 3. The topological polar surface area (TPSA) is 43.0 Å². The summed E-state index contributed by atoms with van der Waals surface area (Å²) < 4.78 is 16.1. The lowest BCUT2D eigenvalue weighted by molar-refractivity contribution is 0.122. The Bertz CT molecular complexity index is 667. The van der Waals surface area contributed by atoms with Crippen LogP contribution in [0.5, 0.6) is 11.5 Å². The number of anilines is 1. The van der Waals surface area contributed by atoms with Crippen molar-refractivity contribution in [3.8, 4) is 11.5 Å². The lowest BCUT2D eigenvalue weighted by Crippen LogP contribution is -2.36. The van der Waals surface area contributed by atoms with Gasteiger partial charge in [0.05, 0.1) is 27.4 Å². The van der Waals surface area contributed by atoms with E-state index in [9.17, 15) is 0 Å². The zero-order valence-corrected chi connectivity index (χ0v) is 15.0. The molecule has 0 aromatic heterocycles. The number of hydrogen-bond acceptors (Lipinski definition) is 5. The number of nitrogens with one attached hydrogen (secondary N) is 1. The van der Waals surface area contributed by atoms with Crippen LogP contribution in [0, 0.1) is 0 Å². The normalized spacial score (nSPS) is 14.4. The van der Waals surface area contributed by atoms with Crippen LogP contribution in [0.1, 0.15) is 11.1 Å². The Hall–Kier alpha value is -2.24. The summed E-state index contributed by atoms with van der Waals surface area (Å²) >= 11 is 0. The monoisotopic (exact) mass is 342 g/mol. The van der Waals surface area contributed by atoms with Gasteiger partial charge < -0.3 is 24.4 Å². The highest BCUT2D eigenvalue weighted by Crippen LogP contribution is 2.24. The van der Waals surface area contributed by atoms with Crippen molar-refractivity contribution >= 4 is 5.69 Å². The van der Waals surface area contributed by atoms with Crippen molar-refractivity contribution in [1.29, 1.82) is 0 Å². The first kappa shape index (κ1) is 17.6. The molecule has 1 heterocycles. The Morgan fingerprint density at radius 3 is 2.40 bits per heavy atom. The zero-order valence-electron chi connectivity index (χ0n) is 15.0. The zero-order chi connectivity index (χ0) is 17.5. The predicted octanol–water partition coefficient (Wildman–Crippen LogP) is 2.83. The molecule has 1 N–H and O–H groups in total. The second-order valence-corrected chi connectivity index (χ2v) is 6.05. The standard InChI is InChI=1S/C20H26N2O3/c1-23-19-7-8-20(24-2)17(13-19)15-21-14-16-3-5-18(6-4-16)22-9-11-25-12-10-22/h3-8,13,21H,9-12,14-15H2,1-2H3. The molecule has 0 unspecified atom stereocenters.